The van der Waals surface area contributed by atoms with Crippen LogP contribution in [0.1, 0.15) is 27.2 Å². The fourth-order valence-electron chi connectivity index (χ4n) is 1.06. The topological polar surface area (TPSA) is 38.3 Å². The number of hydrogen-bond donors (Lipinski definition) is 1. The van der Waals surface area contributed by atoms with E-state index in [4.69, 9.17) is 0 Å². The molecule has 90 valence electrons. The van der Waals surface area contributed by atoms with Crippen molar-refractivity contribution in [3.63, 3.8) is 0 Å². The van der Waals surface area contributed by atoms with Crippen LogP contribution in [0.3, 0.4) is 0 Å². The van der Waals surface area contributed by atoms with Crippen molar-refractivity contribution in [1.29, 1.82) is 0 Å². The van der Waals surface area contributed by atoms with Crippen LogP contribution in [0.2, 0.25) is 0 Å². The summed E-state index contributed by atoms with van der Waals surface area (Å²) in [6, 6.07) is -0.421. The van der Waals surface area contributed by atoms with Gasteiger partial charge < -0.3 is 4.74 Å². The van der Waals surface area contributed by atoms with E-state index in [0.29, 0.717) is 6.42 Å². The van der Waals surface area contributed by atoms with Crippen LogP contribution in [-0.4, -0.2) is 30.8 Å². The molecular weight excluding hydrogens is 211 g/mol. The summed E-state index contributed by atoms with van der Waals surface area (Å²) in [5.41, 5.74) is -2.64. The monoisotopic (exact) mass is 227 g/mol. The first kappa shape index (κ1) is 14.2. The van der Waals surface area contributed by atoms with Gasteiger partial charge in [0.1, 0.15) is 0 Å². The highest BCUT2D eigenvalue weighted by molar-refractivity contribution is 5.81. The average Bonchev–Trinajstić information content (AvgIpc) is 2.14. The summed E-state index contributed by atoms with van der Waals surface area (Å²) in [4.78, 5) is 11.1. The lowest BCUT2D eigenvalue weighted by Gasteiger charge is -2.32. The zero-order valence-electron chi connectivity index (χ0n) is 9.23. The molecule has 3 nitrogen and oxygen atoms in total. The first-order valence-electron chi connectivity index (χ1n) is 4.61. The molecule has 0 fully saturated rings. The van der Waals surface area contributed by atoms with E-state index in [1.54, 1.807) is 13.8 Å². The van der Waals surface area contributed by atoms with Crippen molar-refractivity contribution in [3.8, 4) is 0 Å². The van der Waals surface area contributed by atoms with Gasteiger partial charge in [0.15, 0.2) is 0 Å². The Balaban J connectivity index is 4.96. The van der Waals surface area contributed by atoms with Crippen molar-refractivity contribution < 1.29 is 22.7 Å². The minimum atomic E-state index is -4.68. The maximum absolute atomic E-state index is 12.7. The molecule has 0 spiro atoms. The van der Waals surface area contributed by atoms with Crippen LogP contribution < -0.4 is 5.32 Å². The molecule has 15 heavy (non-hydrogen) atoms. The quantitative estimate of drug-likeness (QED) is 0.745. The Bertz CT molecular complexity index is 230. The number of esters is 1. The molecule has 0 radical (unpaired) electrons. The van der Waals surface area contributed by atoms with E-state index >= 15 is 0 Å². The third kappa shape index (κ3) is 3.09. The van der Waals surface area contributed by atoms with Gasteiger partial charge in [-0.2, -0.15) is 13.2 Å². The lowest BCUT2D eigenvalue weighted by molar-refractivity contribution is -0.209. The van der Waals surface area contributed by atoms with Gasteiger partial charge in [-0.1, -0.05) is 6.92 Å². The first-order chi connectivity index (χ1) is 6.69. The molecule has 0 aromatic rings. The second kappa shape index (κ2) is 4.83. The largest absolute Gasteiger partial charge is 0.467 e. The van der Waals surface area contributed by atoms with Crippen LogP contribution in [0.15, 0.2) is 0 Å². The third-order valence-corrected chi connectivity index (χ3v) is 2.31. The lowest BCUT2D eigenvalue weighted by Crippen LogP contribution is -2.62. The fourth-order valence-corrected chi connectivity index (χ4v) is 1.06. The van der Waals surface area contributed by atoms with Crippen molar-refractivity contribution in [3.05, 3.63) is 0 Å². The lowest BCUT2D eigenvalue weighted by atomic mass is 10.00. The molecule has 0 aliphatic heterocycles. The molecule has 6 heteroatoms. The van der Waals surface area contributed by atoms with Gasteiger partial charge in [0.05, 0.1) is 7.11 Å². The Morgan fingerprint density at radius 3 is 2.20 bits per heavy atom. The molecule has 0 aromatic heterocycles. The summed E-state index contributed by atoms with van der Waals surface area (Å²) in [6.07, 6.45) is -4.19. The van der Waals surface area contributed by atoms with Gasteiger partial charge in [0.25, 0.3) is 0 Å². The molecule has 0 bridgehead atoms. The number of hydrogen-bond acceptors (Lipinski definition) is 3. The fraction of sp³-hybridized carbons (Fsp3) is 0.889. The molecule has 0 rings (SSSR count). The van der Waals surface area contributed by atoms with E-state index in [1.165, 1.54) is 0 Å². The van der Waals surface area contributed by atoms with Crippen LogP contribution in [0.4, 0.5) is 13.2 Å². The van der Waals surface area contributed by atoms with Crippen molar-refractivity contribution in [2.45, 2.75) is 44.9 Å². The number of alkyl halides is 3. The average molecular weight is 227 g/mol. The predicted octanol–water partition coefficient (Wildman–Crippen LogP) is 1.87. The Hall–Kier alpha value is -0.780. The molecule has 0 saturated heterocycles. The van der Waals surface area contributed by atoms with Crippen molar-refractivity contribution in [2.75, 3.05) is 7.11 Å². The highest BCUT2D eigenvalue weighted by Crippen LogP contribution is 2.31. The van der Waals surface area contributed by atoms with E-state index in [9.17, 15) is 18.0 Å². The Morgan fingerprint density at radius 1 is 1.47 bits per heavy atom. The molecule has 0 amide bonds. The van der Waals surface area contributed by atoms with Crippen molar-refractivity contribution in [1.82, 2.24) is 5.32 Å². The van der Waals surface area contributed by atoms with Crippen LogP contribution in [0.5, 0.6) is 0 Å². The molecule has 0 aliphatic carbocycles. The number of methoxy groups -OCH3 is 1. The van der Waals surface area contributed by atoms with Gasteiger partial charge in [-0.3, -0.25) is 5.32 Å². The SMILES string of the molecule is CCC(C)NC(C)(C(=O)OC)C(F)(F)F. The highest BCUT2D eigenvalue weighted by Gasteiger charge is 2.58. The van der Waals surface area contributed by atoms with E-state index in [2.05, 4.69) is 10.1 Å². The molecule has 2 atom stereocenters. The summed E-state index contributed by atoms with van der Waals surface area (Å²) < 4.78 is 42.2. The van der Waals surface area contributed by atoms with Gasteiger partial charge in [-0.05, 0) is 20.3 Å². The summed E-state index contributed by atoms with van der Waals surface area (Å²) in [5, 5.41) is 2.23. The number of ether oxygens (including phenoxy) is 1. The van der Waals surface area contributed by atoms with Gasteiger partial charge in [0, 0.05) is 6.04 Å². The maximum Gasteiger partial charge on any atom is 0.417 e. The summed E-state index contributed by atoms with van der Waals surface area (Å²) in [5.74, 6) is -1.32. The molecule has 0 saturated carbocycles. The summed E-state index contributed by atoms with van der Waals surface area (Å²) in [6.45, 7) is 4.09. The van der Waals surface area contributed by atoms with Crippen molar-refractivity contribution in [2.24, 2.45) is 0 Å². The molecule has 2 unspecified atom stereocenters. The first-order valence-corrected chi connectivity index (χ1v) is 4.61. The number of rotatable bonds is 4. The zero-order chi connectivity index (χ0) is 12.3. The van der Waals surface area contributed by atoms with E-state index in [-0.39, 0.29) is 0 Å². The van der Waals surface area contributed by atoms with Gasteiger partial charge in [-0.25, -0.2) is 4.79 Å². The smallest absolute Gasteiger partial charge is 0.417 e. The number of carbonyl (C=O) groups excluding carboxylic acids is 1. The molecule has 1 N–H and O–H groups in total. The van der Waals surface area contributed by atoms with Crippen molar-refractivity contribution >= 4 is 5.97 Å². The number of halogens is 3. The Morgan fingerprint density at radius 2 is 1.93 bits per heavy atom. The number of carbonyl (C=O) groups is 1. The third-order valence-electron chi connectivity index (χ3n) is 2.31. The van der Waals surface area contributed by atoms with Crippen LogP contribution >= 0.6 is 0 Å². The van der Waals surface area contributed by atoms with Crippen LogP contribution in [-0.2, 0) is 9.53 Å². The van der Waals surface area contributed by atoms with Gasteiger partial charge >= 0.3 is 12.1 Å². The van der Waals surface area contributed by atoms with Gasteiger partial charge in [0.2, 0.25) is 5.54 Å². The van der Waals surface area contributed by atoms with E-state index in [0.717, 1.165) is 14.0 Å². The minimum Gasteiger partial charge on any atom is -0.467 e. The highest BCUT2D eigenvalue weighted by atomic mass is 19.4. The van der Waals surface area contributed by atoms with Crippen LogP contribution in [0.25, 0.3) is 0 Å². The van der Waals surface area contributed by atoms with E-state index < -0.39 is 23.7 Å². The maximum atomic E-state index is 12.7. The van der Waals surface area contributed by atoms with Gasteiger partial charge in [-0.15, -0.1) is 0 Å². The van der Waals surface area contributed by atoms with Crippen LogP contribution in [0, 0.1) is 0 Å². The second-order valence-electron chi connectivity index (χ2n) is 3.57. The molecule has 0 aromatic carbocycles. The summed E-state index contributed by atoms with van der Waals surface area (Å²) >= 11 is 0. The molecular formula is C9H16F3NO2. The predicted molar refractivity (Wildman–Crippen MR) is 49.4 cm³/mol. The summed E-state index contributed by atoms with van der Waals surface area (Å²) in [7, 11) is 0.935. The molecule has 0 heterocycles. The van der Waals surface area contributed by atoms with E-state index in [1.807, 2.05) is 0 Å². The molecule has 0 aliphatic rings. The number of nitrogens with one attached hydrogen (secondary N) is 1. The Kier molecular flexibility index (Phi) is 4.58. The zero-order valence-corrected chi connectivity index (χ0v) is 9.23. The minimum absolute atomic E-state index is 0.421. The second-order valence-corrected chi connectivity index (χ2v) is 3.57. The Labute approximate surface area is 87.0 Å². The standard InChI is InChI=1S/C9H16F3NO2/c1-5-6(2)13-8(3,7(14)15-4)9(10,11)12/h6,13H,5H2,1-4H3. The normalized spacial score (nSPS) is 18.1.